The SMILES string of the molecule is Nc1ccc(-c2nc3ccc(Br)cc3s2)c(Cl)c1. The number of nitrogen functional groups attached to an aromatic ring is 1. The van der Waals surface area contributed by atoms with Crippen LogP contribution in [0.15, 0.2) is 40.9 Å². The number of rotatable bonds is 1. The Morgan fingerprint density at radius 3 is 2.78 bits per heavy atom. The number of benzene rings is 2. The third-order valence-electron chi connectivity index (χ3n) is 2.57. The van der Waals surface area contributed by atoms with E-state index in [1.54, 1.807) is 17.4 Å². The molecule has 90 valence electrons. The standard InChI is InChI=1S/C13H8BrClN2S/c14-7-1-4-11-12(5-7)18-13(17-11)9-3-2-8(16)6-10(9)15/h1-6H,16H2. The van der Waals surface area contributed by atoms with Crippen molar-refractivity contribution in [3.8, 4) is 10.6 Å². The number of hydrogen-bond acceptors (Lipinski definition) is 3. The van der Waals surface area contributed by atoms with Gasteiger partial charge in [0.25, 0.3) is 0 Å². The number of hydrogen-bond donors (Lipinski definition) is 1. The van der Waals surface area contributed by atoms with Crippen molar-refractivity contribution in [2.75, 3.05) is 5.73 Å². The van der Waals surface area contributed by atoms with Crippen LogP contribution in [0.2, 0.25) is 5.02 Å². The summed E-state index contributed by atoms with van der Waals surface area (Å²) < 4.78 is 2.18. The van der Waals surface area contributed by atoms with Crippen LogP contribution in [0.25, 0.3) is 20.8 Å². The lowest BCUT2D eigenvalue weighted by Crippen LogP contribution is -1.85. The quantitative estimate of drug-likeness (QED) is 0.636. The lowest BCUT2D eigenvalue weighted by Gasteiger charge is -2.00. The average molecular weight is 340 g/mol. The highest BCUT2D eigenvalue weighted by molar-refractivity contribution is 9.10. The summed E-state index contributed by atoms with van der Waals surface area (Å²) in [4.78, 5) is 4.59. The van der Waals surface area contributed by atoms with Gasteiger partial charge in [-0.1, -0.05) is 27.5 Å². The third kappa shape index (κ3) is 2.11. The third-order valence-corrected chi connectivity index (χ3v) is 4.43. The fourth-order valence-corrected chi connectivity index (χ4v) is 3.61. The molecule has 0 unspecified atom stereocenters. The van der Waals surface area contributed by atoms with Gasteiger partial charge in [-0.25, -0.2) is 4.98 Å². The highest BCUT2D eigenvalue weighted by atomic mass is 79.9. The van der Waals surface area contributed by atoms with E-state index < -0.39 is 0 Å². The molecule has 0 saturated heterocycles. The molecule has 1 heterocycles. The van der Waals surface area contributed by atoms with E-state index in [2.05, 4.69) is 27.0 Å². The van der Waals surface area contributed by atoms with Crippen molar-refractivity contribution in [1.29, 1.82) is 0 Å². The van der Waals surface area contributed by atoms with E-state index in [9.17, 15) is 0 Å². The molecule has 2 aromatic carbocycles. The number of anilines is 1. The summed E-state index contributed by atoms with van der Waals surface area (Å²) in [7, 11) is 0. The van der Waals surface area contributed by atoms with Gasteiger partial charge < -0.3 is 5.73 Å². The van der Waals surface area contributed by atoms with Crippen LogP contribution in [-0.4, -0.2) is 4.98 Å². The Balaban J connectivity index is 2.19. The minimum Gasteiger partial charge on any atom is -0.399 e. The molecular formula is C13H8BrClN2S. The summed E-state index contributed by atoms with van der Waals surface area (Å²) in [5.74, 6) is 0. The molecule has 3 rings (SSSR count). The molecule has 2 N–H and O–H groups in total. The van der Waals surface area contributed by atoms with Crippen LogP contribution in [-0.2, 0) is 0 Å². The lowest BCUT2D eigenvalue weighted by molar-refractivity contribution is 1.47. The van der Waals surface area contributed by atoms with Crippen LogP contribution in [0.1, 0.15) is 0 Å². The van der Waals surface area contributed by atoms with Crippen LogP contribution in [0.5, 0.6) is 0 Å². The van der Waals surface area contributed by atoms with E-state index in [0.29, 0.717) is 10.7 Å². The van der Waals surface area contributed by atoms with Crippen molar-refractivity contribution in [2.24, 2.45) is 0 Å². The van der Waals surface area contributed by atoms with Gasteiger partial charge in [-0.3, -0.25) is 0 Å². The van der Waals surface area contributed by atoms with E-state index in [1.807, 2.05) is 24.3 Å². The maximum atomic E-state index is 6.20. The van der Waals surface area contributed by atoms with Crippen LogP contribution in [0.3, 0.4) is 0 Å². The topological polar surface area (TPSA) is 38.9 Å². The number of nitrogens with two attached hydrogens (primary N) is 1. The van der Waals surface area contributed by atoms with E-state index in [-0.39, 0.29) is 0 Å². The molecule has 5 heteroatoms. The second kappa shape index (κ2) is 4.53. The van der Waals surface area contributed by atoms with Gasteiger partial charge in [0, 0.05) is 15.7 Å². The number of thiazole rings is 1. The largest absolute Gasteiger partial charge is 0.399 e. The molecule has 0 radical (unpaired) electrons. The Bertz CT molecular complexity index is 739. The zero-order valence-electron chi connectivity index (χ0n) is 9.15. The molecule has 0 amide bonds. The lowest BCUT2D eigenvalue weighted by atomic mass is 10.2. The maximum Gasteiger partial charge on any atom is 0.126 e. The first-order valence-corrected chi connectivity index (χ1v) is 7.24. The van der Waals surface area contributed by atoms with Crippen molar-refractivity contribution < 1.29 is 0 Å². The highest BCUT2D eigenvalue weighted by Crippen LogP contribution is 2.35. The number of nitrogens with zero attached hydrogens (tertiary/aromatic N) is 1. The number of halogens is 2. The Hall–Kier alpha value is -1.10. The van der Waals surface area contributed by atoms with Gasteiger partial charge in [-0.2, -0.15) is 0 Å². The molecule has 0 saturated carbocycles. The second-order valence-electron chi connectivity index (χ2n) is 3.87. The van der Waals surface area contributed by atoms with E-state index in [4.69, 9.17) is 17.3 Å². The maximum absolute atomic E-state index is 6.20. The normalized spacial score (nSPS) is 11.0. The first kappa shape index (κ1) is 12.0. The number of aromatic nitrogens is 1. The molecule has 0 atom stereocenters. The first-order chi connectivity index (χ1) is 8.63. The average Bonchev–Trinajstić information content (AvgIpc) is 2.71. The molecule has 3 aromatic rings. The minimum atomic E-state index is 0.633. The summed E-state index contributed by atoms with van der Waals surface area (Å²) >= 11 is 11.3. The van der Waals surface area contributed by atoms with Crippen LogP contribution < -0.4 is 5.73 Å². The predicted molar refractivity (Wildman–Crippen MR) is 82.2 cm³/mol. The molecule has 0 bridgehead atoms. The molecule has 1 aromatic heterocycles. The van der Waals surface area contributed by atoms with Gasteiger partial charge >= 0.3 is 0 Å². The minimum absolute atomic E-state index is 0.633. The summed E-state index contributed by atoms with van der Waals surface area (Å²) in [6, 6.07) is 11.5. The van der Waals surface area contributed by atoms with Crippen LogP contribution >= 0.6 is 38.9 Å². The molecule has 0 aliphatic carbocycles. The van der Waals surface area contributed by atoms with E-state index in [1.165, 1.54) is 0 Å². The number of fused-ring (bicyclic) bond motifs is 1. The zero-order chi connectivity index (χ0) is 12.7. The molecule has 0 aliphatic heterocycles. The van der Waals surface area contributed by atoms with Gasteiger partial charge in [0.15, 0.2) is 0 Å². The summed E-state index contributed by atoms with van der Waals surface area (Å²) in [6.07, 6.45) is 0. The summed E-state index contributed by atoms with van der Waals surface area (Å²) in [5.41, 5.74) is 8.25. The Morgan fingerprint density at radius 1 is 1.17 bits per heavy atom. The van der Waals surface area contributed by atoms with Gasteiger partial charge in [0.05, 0.1) is 15.2 Å². The fourth-order valence-electron chi connectivity index (χ4n) is 1.72. The highest BCUT2D eigenvalue weighted by Gasteiger charge is 2.10. The zero-order valence-corrected chi connectivity index (χ0v) is 12.3. The van der Waals surface area contributed by atoms with Crippen molar-refractivity contribution in [3.05, 3.63) is 45.9 Å². The molecular weight excluding hydrogens is 332 g/mol. The smallest absolute Gasteiger partial charge is 0.126 e. The Morgan fingerprint density at radius 2 is 2.00 bits per heavy atom. The van der Waals surface area contributed by atoms with Crippen molar-refractivity contribution in [3.63, 3.8) is 0 Å². The van der Waals surface area contributed by atoms with Gasteiger partial charge in [0.1, 0.15) is 5.01 Å². The van der Waals surface area contributed by atoms with E-state index in [0.717, 1.165) is 25.3 Å². The molecule has 0 spiro atoms. The molecule has 0 fully saturated rings. The van der Waals surface area contributed by atoms with Crippen LogP contribution in [0.4, 0.5) is 5.69 Å². The van der Waals surface area contributed by atoms with Gasteiger partial charge in [-0.15, -0.1) is 11.3 Å². The van der Waals surface area contributed by atoms with Crippen LogP contribution in [0, 0.1) is 0 Å². The summed E-state index contributed by atoms with van der Waals surface area (Å²) in [5, 5.41) is 1.54. The van der Waals surface area contributed by atoms with E-state index >= 15 is 0 Å². The second-order valence-corrected chi connectivity index (χ2v) is 6.22. The van der Waals surface area contributed by atoms with Crippen molar-refractivity contribution >= 4 is 54.8 Å². The monoisotopic (exact) mass is 338 g/mol. The molecule has 2 nitrogen and oxygen atoms in total. The Kier molecular flexibility index (Phi) is 3.01. The fraction of sp³-hybridized carbons (Fsp3) is 0. The summed E-state index contributed by atoms with van der Waals surface area (Å²) in [6.45, 7) is 0. The van der Waals surface area contributed by atoms with Gasteiger partial charge in [0.2, 0.25) is 0 Å². The first-order valence-electron chi connectivity index (χ1n) is 5.25. The molecule has 0 aliphatic rings. The van der Waals surface area contributed by atoms with Gasteiger partial charge in [-0.05, 0) is 36.4 Å². The van der Waals surface area contributed by atoms with Crippen molar-refractivity contribution in [2.45, 2.75) is 0 Å². The predicted octanol–water partition coefficient (Wildman–Crippen LogP) is 4.96. The van der Waals surface area contributed by atoms with Crippen molar-refractivity contribution in [1.82, 2.24) is 4.98 Å². The molecule has 18 heavy (non-hydrogen) atoms. The Labute approximate surface area is 122 Å².